The standard InChI is InChI=1S/C28H30N4O3.C5H12/c29-26-11-8-20(28(34)31-15-18-4-2-1-3-5-18)12-25(26)27(30)19-6-9-21(10-7-19)32-22-13-24(33)14-23(32)17-35-16-22;1-5(2,3)4/h1-12,22-24,30,33H,13-17,29H2,(H,31,34);1-4H3. The Labute approximate surface area is 237 Å². The Kier molecular flexibility index (Phi) is 9.28. The molecule has 2 fully saturated rings. The molecule has 0 saturated carbocycles. The summed E-state index contributed by atoms with van der Waals surface area (Å²) in [6, 6.07) is 22.9. The van der Waals surface area contributed by atoms with Crippen molar-refractivity contribution in [3.8, 4) is 0 Å². The van der Waals surface area contributed by atoms with Gasteiger partial charge in [0, 0.05) is 34.6 Å². The topological polar surface area (TPSA) is 112 Å². The Hall–Kier alpha value is -3.68. The third-order valence-electron chi connectivity index (χ3n) is 6.83. The summed E-state index contributed by atoms with van der Waals surface area (Å²) in [5.41, 5.74) is 11.2. The van der Waals surface area contributed by atoms with Gasteiger partial charge in [0.15, 0.2) is 0 Å². The molecule has 7 nitrogen and oxygen atoms in total. The number of nitrogens with one attached hydrogen (secondary N) is 2. The highest BCUT2D eigenvalue weighted by Gasteiger charge is 2.38. The molecule has 5 N–H and O–H groups in total. The van der Waals surface area contributed by atoms with E-state index in [1.165, 1.54) is 0 Å². The monoisotopic (exact) mass is 542 g/mol. The molecule has 1 amide bonds. The molecule has 7 heteroatoms. The second kappa shape index (κ2) is 12.7. The van der Waals surface area contributed by atoms with Gasteiger partial charge >= 0.3 is 0 Å². The SMILES string of the molecule is CC(C)(C)C.N=C(c1ccc(N2C3COCC2CC(O)C3)cc1)c1cc(C(=O)NCc2ccccc2)ccc1N. The van der Waals surface area contributed by atoms with Gasteiger partial charge in [-0.2, -0.15) is 0 Å². The van der Waals surface area contributed by atoms with E-state index in [4.69, 9.17) is 15.9 Å². The first kappa shape index (κ1) is 29.3. The predicted molar refractivity (Wildman–Crippen MR) is 162 cm³/mol. The van der Waals surface area contributed by atoms with Crippen molar-refractivity contribution in [1.82, 2.24) is 5.32 Å². The first-order chi connectivity index (χ1) is 19.0. The first-order valence-electron chi connectivity index (χ1n) is 13.9. The molecule has 2 unspecified atom stereocenters. The zero-order chi connectivity index (χ0) is 28.9. The number of nitrogen functional groups attached to an aromatic ring is 1. The van der Waals surface area contributed by atoms with Crippen LogP contribution in [0.15, 0.2) is 72.8 Å². The second-order valence-corrected chi connectivity index (χ2v) is 12.3. The van der Waals surface area contributed by atoms with E-state index in [1.54, 1.807) is 18.2 Å². The van der Waals surface area contributed by atoms with Crippen LogP contribution >= 0.6 is 0 Å². The van der Waals surface area contributed by atoms with Gasteiger partial charge in [-0.25, -0.2) is 0 Å². The predicted octanol–water partition coefficient (Wildman–Crippen LogP) is 5.40. The lowest BCUT2D eigenvalue weighted by atomic mass is 9.91. The van der Waals surface area contributed by atoms with Crippen LogP contribution in [0.1, 0.15) is 67.6 Å². The molecule has 0 aliphatic carbocycles. The van der Waals surface area contributed by atoms with Crippen molar-refractivity contribution in [2.45, 2.75) is 65.3 Å². The Morgan fingerprint density at radius 2 is 1.55 bits per heavy atom. The zero-order valence-corrected chi connectivity index (χ0v) is 24.0. The summed E-state index contributed by atoms with van der Waals surface area (Å²) in [7, 11) is 0. The van der Waals surface area contributed by atoms with Gasteiger partial charge < -0.3 is 25.8 Å². The summed E-state index contributed by atoms with van der Waals surface area (Å²) >= 11 is 0. The van der Waals surface area contributed by atoms with Crippen LogP contribution in [0.25, 0.3) is 0 Å². The largest absolute Gasteiger partial charge is 0.398 e. The summed E-state index contributed by atoms with van der Waals surface area (Å²) < 4.78 is 5.71. The number of morpholine rings is 1. The molecular weight excluding hydrogens is 500 g/mol. The maximum absolute atomic E-state index is 12.7. The number of carbonyl (C=O) groups is 1. The Balaban J connectivity index is 0.000000681. The highest BCUT2D eigenvalue weighted by Crippen LogP contribution is 2.33. The van der Waals surface area contributed by atoms with Gasteiger partial charge in [0.2, 0.25) is 0 Å². The minimum absolute atomic E-state index is 0.157. The van der Waals surface area contributed by atoms with Gasteiger partial charge in [0.1, 0.15) is 0 Å². The third-order valence-corrected chi connectivity index (χ3v) is 6.83. The van der Waals surface area contributed by atoms with Gasteiger partial charge in [0.25, 0.3) is 5.91 Å². The Morgan fingerprint density at radius 1 is 0.975 bits per heavy atom. The number of aliphatic hydroxyl groups excluding tert-OH is 1. The van der Waals surface area contributed by atoms with Crippen molar-refractivity contribution < 1.29 is 14.6 Å². The molecule has 3 aromatic rings. The van der Waals surface area contributed by atoms with Crippen LogP contribution in [-0.2, 0) is 11.3 Å². The highest BCUT2D eigenvalue weighted by atomic mass is 16.5. The molecule has 0 aromatic heterocycles. The quantitative estimate of drug-likeness (QED) is 0.246. The molecular formula is C33H42N4O3. The smallest absolute Gasteiger partial charge is 0.251 e. The maximum Gasteiger partial charge on any atom is 0.251 e. The number of hydrogen-bond acceptors (Lipinski definition) is 6. The number of anilines is 2. The van der Waals surface area contributed by atoms with Gasteiger partial charge in [-0.3, -0.25) is 10.2 Å². The number of rotatable bonds is 6. The number of carbonyl (C=O) groups excluding carboxylic acids is 1. The molecule has 40 heavy (non-hydrogen) atoms. The fourth-order valence-corrected chi connectivity index (χ4v) is 5.06. The lowest BCUT2D eigenvalue weighted by molar-refractivity contribution is 0.00124. The second-order valence-electron chi connectivity index (χ2n) is 12.3. The van der Waals surface area contributed by atoms with Crippen molar-refractivity contribution in [3.63, 3.8) is 0 Å². The zero-order valence-electron chi connectivity index (χ0n) is 24.0. The molecule has 3 aromatic carbocycles. The number of nitrogens with zero attached hydrogens (tertiary/aromatic N) is 1. The van der Waals surface area contributed by atoms with Crippen molar-refractivity contribution in [2.24, 2.45) is 5.41 Å². The minimum atomic E-state index is -0.280. The molecule has 2 atom stereocenters. The average molecular weight is 543 g/mol. The number of hydrogen-bond donors (Lipinski definition) is 4. The summed E-state index contributed by atoms with van der Waals surface area (Å²) in [4.78, 5) is 15.1. The lowest BCUT2D eigenvalue weighted by Crippen LogP contribution is -2.58. The number of aliphatic hydroxyl groups is 1. The maximum atomic E-state index is 12.7. The number of benzene rings is 3. The van der Waals surface area contributed by atoms with Crippen LogP contribution in [-0.4, -0.2) is 48.1 Å². The van der Waals surface area contributed by atoms with Crippen LogP contribution in [0, 0.1) is 10.8 Å². The van der Waals surface area contributed by atoms with Crippen LogP contribution in [0.5, 0.6) is 0 Å². The van der Waals surface area contributed by atoms with Crippen LogP contribution in [0.2, 0.25) is 0 Å². The lowest BCUT2D eigenvalue weighted by Gasteiger charge is -2.48. The number of fused-ring (bicyclic) bond motifs is 2. The van der Waals surface area contributed by atoms with Crippen molar-refractivity contribution in [3.05, 3.63) is 95.1 Å². The van der Waals surface area contributed by atoms with E-state index in [1.807, 2.05) is 54.6 Å². The van der Waals surface area contributed by atoms with Crippen LogP contribution in [0.4, 0.5) is 11.4 Å². The van der Waals surface area contributed by atoms with E-state index in [9.17, 15) is 9.90 Å². The van der Waals surface area contributed by atoms with E-state index in [-0.39, 0.29) is 29.8 Å². The summed E-state index contributed by atoms with van der Waals surface area (Å²) in [6.07, 6.45) is 1.12. The number of nitrogens with two attached hydrogens (primary N) is 1. The first-order valence-corrected chi connectivity index (χ1v) is 13.9. The molecule has 2 aliphatic rings. The number of amides is 1. The molecule has 2 saturated heterocycles. The van der Waals surface area contributed by atoms with E-state index < -0.39 is 0 Å². The summed E-state index contributed by atoms with van der Waals surface area (Å²) in [5, 5.41) is 21.8. The minimum Gasteiger partial charge on any atom is -0.398 e. The molecule has 0 radical (unpaired) electrons. The van der Waals surface area contributed by atoms with Gasteiger partial charge in [-0.05, 0) is 54.2 Å². The highest BCUT2D eigenvalue weighted by molar-refractivity contribution is 6.15. The van der Waals surface area contributed by atoms with Gasteiger partial charge in [0.05, 0.1) is 37.1 Å². The van der Waals surface area contributed by atoms with Crippen LogP contribution in [0.3, 0.4) is 0 Å². The van der Waals surface area contributed by atoms with Crippen molar-refractivity contribution in [2.75, 3.05) is 23.8 Å². The van der Waals surface area contributed by atoms with E-state index in [0.29, 0.717) is 54.8 Å². The summed E-state index contributed by atoms with van der Waals surface area (Å²) in [5.74, 6) is -0.209. The van der Waals surface area contributed by atoms with Crippen LogP contribution < -0.4 is 16.0 Å². The molecule has 2 aliphatic heterocycles. The molecule has 5 rings (SSSR count). The Morgan fingerprint density at radius 3 is 2.15 bits per heavy atom. The van der Waals surface area contributed by atoms with E-state index in [0.717, 1.165) is 16.8 Å². The fourth-order valence-electron chi connectivity index (χ4n) is 5.06. The van der Waals surface area contributed by atoms with Crippen molar-refractivity contribution >= 4 is 23.0 Å². The average Bonchev–Trinajstić information content (AvgIpc) is 2.91. The molecule has 2 heterocycles. The number of piperidine rings is 1. The van der Waals surface area contributed by atoms with E-state index >= 15 is 0 Å². The normalized spacial score (nSPS) is 20.2. The molecule has 0 spiro atoms. The molecule has 2 bridgehead atoms. The molecule has 212 valence electrons. The van der Waals surface area contributed by atoms with Gasteiger partial charge in [-0.15, -0.1) is 0 Å². The van der Waals surface area contributed by atoms with Gasteiger partial charge in [-0.1, -0.05) is 70.2 Å². The van der Waals surface area contributed by atoms with Crippen molar-refractivity contribution in [1.29, 1.82) is 5.41 Å². The fraction of sp³-hybridized carbons (Fsp3) is 0.394. The summed E-state index contributed by atoms with van der Waals surface area (Å²) in [6.45, 7) is 10.4. The third kappa shape index (κ3) is 7.71. The Bertz CT molecular complexity index is 1280. The number of ether oxygens (including phenoxy) is 1. The van der Waals surface area contributed by atoms with E-state index in [2.05, 4.69) is 37.9 Å².